The molecule has 0 bridgehead atoms. The number of nitrogens with zero attached hydrogens (tertiary/aromatic N) is 2. The Kier molecular flexibility index (Phi) is 6.46. The number of hydrogen-bond donors (Lipinski definition) is 1. The van der Waals surface area contributed by atoms with Crippen molar-refractivity contribution in [1.82, 2.24) is 4.90 Å². The van der Waals surface area contributed by atoms with Gasteiger partial charge in [0.1, 0.15) is 12.4 Å². The summed E-state index contributed by atoms with van der Waals surface area (Å²) in [7, 11) is 0. The second kappa shape index (κ2) is 9.23. The van der Waals surface area contributed by atoms with Gasteiger partial charge in [-0.15, -0.1) is 0 Å². The molecule has 4 nitrogen and oxygen atoms in total. The first kappa shape index (κ1) is 17.5. The van der Waals surface area contributed by atoms with Gasteiger partial charge in [0.25, 0.3) is 0 Å². The Labute approximate surface area is 149 Å². The lowest BCUT2D eigenvalue weighted by Gasteiger charge is -2.31. The highest BCUT2D eigenvalue weighted by molar-refractivity contribution is 5.79. The molecule has 0 amide bonds. The number of likely N-dealkylation sites (tertiary alicyclic amines) is 1. The number of piperidine rings is 1. The molecule has 3 rings (SSSR count). The molecule has 0 spiro atoms. The normalized spacial score (nSPS) is 16.3. The van der Waals surface area contributed by atoms with Crippen LogP contribution in [0.4, 0.5) is 0 Å². The molecule has 132 valence electrons. The van der Waals surface area contributed by atoms with Crippen molar-refractivity contribution in [3.63, 3.8) is 0 Å². The molecule has 1 N–H and O–H groups in total. The Hall–Kier alpha value is -2.33. The molecule has 0 radical (unpaired) electrons. The quantitative estimate of drug-likeness (QED) is 0.474. The summed E-state index contributed by atoms with van der Waals surface area (Å²) in [6, 6.07) is 18.4. The van der Waals surface area contributed by atoms with Crippen LogP contribution in [-0.4, -0.2) is 42.6 Å². The van der Waals surface area contributed by atoms with E-state index in [1.54, 1.807) is 0 Å². The minimum absolute atomic E-state index is 0.684. The van der Waals surface area contributed by atoms with E-state index in [0.717, 1.165) is 36.9 Å². The summed E-state index contributed by atoms with van der Waals surface area (Å²) in [6.07, 6.45) is 5.13. The first-order chi connectivity index (χ1) is 12.3. The van der Waals surface area contributed by atoms with Gasteiger partial charge in [-0.25, -0.2) is 0 Å². The van der Waals surface area contributed by atoms with E-state index in [1.807, 2.05) is 24.3 Å². The Morgan fingerprint density at radius 3 is 2.64 bits per heavy atom. The van der Waals surface area contributed by atoms with Crippen LogP contribution in [0.1, 0.15) is 24.0 Å². The average Bonchev–Trinajstić information content (AvgIpc) is 2.65. The fourth-order valence-corrected chi connectivity index (χ4v) is 3.41. The Bertz CT molecular complexity index is 665. The zero-order valence-corrected chi connectivity index (χ0v) is 14.6. The van der Waals surface area contributed by atoms with E-state index in [0.29, 0.717) is 6.61 Å². The van der Waals surface area contributed by atoms with Gasteiger partial charge in [0.15, 0.2) is 0 Å². The van der Waals surface area contributed by atoms with Crippen molar-refractivity contribution in [3.05, 3.63) is 65.7 Å². The maximum Gasteiger partial charge on any atom is 0.120 e. The predicted octanol–water partition coefficient (Wildman–Crippen LogP) is 3.83. The van der Waals surface area contributed by atoms with Crippen molar-refractivity contribution in [1.29, 1.82) is 0 Å². The van der Waals surface area contributed by atoms with E-state index in [9.17, 15) is 0 Å². The molecule has 25 heavy (non-hydrogen) atoms. The minimum Gasteiger partial charge on any atom is -0.492 e. The van der Waals surface area contributed by atoms with Crippen LogP contribution in [0.2, 0.25) is 0 Å². The topological polar surface area (TPSA) is 45.1 Å². The molecule has 0 atom stereocenters. The summed E-state index contributed by atoms with van der Waals surface area (Å²) in [5.74, 6) is 1.62. The van der Waals surface area contributed by atoms with Gasteiger partial charge >= 0.3 is 0 Å². The average molecular weight is 338 g/mol. The lowest BCUT2D eigenvalue weighted by atomic mass is 9.90. The number of benzene rings is 2. The summed E-state index contributed by atoms with van der Waals surface area (Å²) in [4.78, 5) is 2.49. The monoisotopic (exact) mass is 338 g/mol. The van der Waals surface area contributed by atoms with E-state index < -0.39 is 0 Å². The fraction of sp³-hybridized carbons (Fsp3) is 0.381. The van der Waals surface area contributed by atoms with Gasteiger partial charge in [-0.1, -0.05) is 47.6 Å². The molecular weight excluding hydrogens is 312 g/mol. The van der Waals surface area contributed by atoms with Crippen LogP contribution in [0, 0.1) is 5.92 Å². The number of rotatable bonds is 7. The van der Waals surface area contributed by atoms with Gasteiger partial charge in [-0.3, -0.25) is 4.90 Å². The predicted molar refractivity (Wildman–Crippen MR) is 101 cm³/mol. The molecule has 2 aromatic carbocycles. The van der Waals surface area contributed by atoms with Crippen LogP contribution in [0.15, 0.2) is 59.8 Å². The first-order valence-corrected chi connectivity index (χ1v) is 9.00. The third kappa shape index (κ3) is 5.61. The van der Waals surface area contributed by atoms with Gasteiger partial charge < -0.3 is 9.94 Å². The second-order valence-corrected chi connectivity index (χ2v) is 6.64. The lowest BCUT2D eigenvalue weighted by molar-refractivity contribution is 0.155. The standard InChI is InChI=1S/C21H26N2O2/c24-22-17-20-7-4-8-21(16-20)25-14-13-23-11-9-19(10-12-23)15-18-5-2-1-3-6-18/h1-8,16-17,19,24H,9-15H2. The Morgan fingerprint density at radius 2 is 1.88 bits per heavy atom. The minimum atomic E-state index is 0.684. The smallest absolute Gasteiger partial charge is 0.120 e. The summed E-state index contributed by atoms with van der Waals surface area (Å²) in [5.41, 5.74) is 2.29. The Morgan fingerprint density at radius 1 is 1.08 bits per heavy atom. The molecule has 0 unspecified atom stereocenters. The van der Waals surface area contributed by atoms with Crippen LogP contribution in [0.3, 0.4) is 0 Å². The van der Waals surface area contributed by atoms with E-state index >= 15 is 0 Å². The molecule has 0 aliphatic carbocycles. The zero-order chi connectivity index (χ0) is 17.3. The van der Waals surface area contributed by atoms with E-state index in [-0.39, 0.29) is 0 Å². The highest BCUT2D eigenvalue weighted by atomic mass is 16.5. The second-order valence-electron chi connectivity index (χ2n) is 6.64. The molecule has 1 heterocycles. The molecule has 1 fully saturated rings. The molecule has 0 aromatic heterocycles. The summed E-state index contributed by atoms with van der Waals surface area (Å²) >= 11 is 0. The molecule has 2 aromatic rings. The van der Waals surface area contributed by atoms with Crippen molar-refractivity contribution in [2.45, 2.75) is 19.3 Å². The summed E-state index contributed by atoms with van der Waals surface area (Å²) in [6.45, 7) is 3.94. The number of hydrogen-bond acceptors (Lipinski definition) is 4. The SMILES string of the molecule is ON=Cc1cccc(OCCN2CCC(Cc3ccccc3)CC2)c1. The van der Waals surface area contributed by atoms with Crippen molar-refractivity contribution >= 4 is 6.21 Å². The first-order valence-electron chi connectivity index (χ1n) is 9.00. The van der Waals surface area contributed by atoms with Gasteiger partial charge in [-0.05, 0) is 61.5 Å². The zero-order valence-electron chi connectivity index (χ0n) is 14.6. The number of ether oxygens (including phenoxy) is 1. The Balaban J connectivity index is 1.37. The van der Waals surface area contributed by atoms with Crippen molar-refractivity contribution in [2.24, 2.45) is 11.1 Å². The number of oxime groups is 1. The van der Waals surface area contributed by atoms with Crippen molar-refractivity contribution in [2.75, 3.05) is 26.2 Å². The molecule has 1 aliphatic heterocycles. The van der Waals surface area contributed by atoms with Crippen molar-refractivity contribution < 1.29 is 9.94 Å². The third-order valence-electron chi connectivity index (χ3n) is 4.82. The maximum absolute atomic E-state index is 8.59. The summed E-state index contributed by atoms with van der Waals surface area (Å²) < 4.78 is 5.83. The highest BCUT2D eigenvalue weighted by Crippen LogP contribution is 2.21. The largest absolute Gasteiger partial charge is 0.492 e. The molecule has 1 aliphatic rings. The molecule has 0 saturated carbocycles. The van der Waals surface area contributed by atoms with Gasteiger partial charge in [0.05, 0.1) is 6.21 Å². The maximum atomic E-state index is 8.59. The highest BCUT2D eigenvalue weighted by Gasteiger charge is 2.19. The summed E-state index contributed by atoms with van der Waals surface area (Å²) in [5, 5.41) is 11.6. The van der Waals surface area contributed by atoms with Gasteiger partial charge in [0, 0.05) is 6.54 Å². The third-order valence-corrected chi connectivity index (χ3v) is 4.82. The molecular formula is C21H26N2O2. The van der Waals surface area contributed by atoms with E-state index in [4.69, 9.17) is 9.94 Å². The van der Waals surface area contributed by atoms with Crippen LogP contribution in [0.25, 0.3) is 0 Å². The van der Waals surface area contributed by atoms with Crippen LogP contribution in [-0.2, 0) is 6.42 Å². The molecule has 1 saturated heterocycles. The van der Waals surface area contributed by atoms with Crippen LogP contribution >= 0.6 is 0 Å². The molecule has 4 heteroatoms. The fourth-order valence-electron chi connectivity index (χ4n) is 3.41. The van der Waals surface area contributed by atoms with Crippen LogP contribution in [0.5, 0.6) is 5.75 Å². The van der Waals surface area contributed by atoms with Crippen molar-refractivity contribution in [3.8, 4) is 5.75 Å². The van der Waals surface area contributed by atoms with Gasteiger partial charge in [0.2, 0.25) is 0 Å². The van der Waals surface area contributed by atoms with E-state index in [1.165, 1.54) is 31.0 Å². The van der Waals surface area contributed by atoms with E-state index in [2.05, 4.69) is 40.4 Å². The lowest BCUT2D eigenvalue weighted by Crippen LogP contribution is -2.37. The van der Waals surface area contributed by atoms with Gasteiger partial charge in [-0.2, -0.15) is 0 Å². The van der Waals surface area contributed by atoms with Crippen LogP contribution < -0.4 is 4.74 Å².